The summed E-state index contributed by atoms with van der Waals surface area (Å²) in [6.07, 6.45) is 1.60. The lowest BCUT2D eigenvalue weighted by molar-refractivity contribution is -0.140. The van der Waals surface area contributed by atoms with Crippen LogP contribution in [0.1, 0.15) is 19.3 Å². The molecule has 1 aliphatic rings. The number of methoxy groups -OCH3 is 1. The minimum Gasteiger partial charge on any atom is -0.469 e. The molecular weight excluding hydrogens is 368 g/mol. The van der Waals surface area contributed by atoms with E-state index in [1.54, 1.807) is 0 Å². The van der Waals surface area contributed by atoms with E-state index < -0.39 is 26.0 Å². The minimum absolute atomic E-state index is 0.0250. The second-order valence-corrected chi connectivity index (χ2v) is 9.72. The van der Waals surface area contributed by atoms with Crippen molar-refractivity contribution in [3.05, 3.63) is 24.3 Å². The van der Waals surface area contributed by atoms with Crippen LogP contribution in [0.3, 0.4) is 0 Å². The van der Waals surface area contributed by atoms with Crippen molar-refractivity contribution in [2.24, 2.45) is 0 Å². The van der Waals surface area contributed by atoms with Crippen molar-refractivity contribution in [3.8, 4) is 0 Å². The number of nitrogens with zero attached hydrogens (tertiary/aromatic N) is 2. The fourth-order valence-electron chi connectivity index (χ4n) is 2.51. The van der Waals surface area contributed by atoms with Crippen LogP contribution in [0.2, 0.25) is 0 Å². The van der Waals surface area contributed by atoms with Crippen LogP contribution in [0.4, 0.5) is 0 Å². The van der Waals surface area contributed by atoms with E-state index in [9.17, 15) is 21.6 Å². The summed E-state index contributed by atoms with van der Waals surface area (Å²) >= 11 is 0. The van der Waals surface area contributed by atoms with E-state index in [0.29, 0.717) is 13.1 Å². The first-order chi connectivity index (χ1) is 11.7. The molecule has 1 aliphatic heterocycles. The Labute approximate surface area is 148 Å². The van der Waals surface area contributed by atoms with E-state index in [-0.39, 0.29) is 22.8 Å². The number of carbonyl (C=O) groups is 1. The van der Waals surface area contributed by atoms with Gasteiger partial charge in [0.05, 0.1) is 23.3 Å². The first-order valence-electron chi connectivity index (χ1n) is 7.83. The molecule has 0 bridgehead atoms. The van der Waals surface area contributed by atoms with E-state index in [2.05, 4.69) is 4.74 Å². The highest BCUT2D eigenvalue weighted by Crippen LogP contribution is 2.23. The number of benzene rings is 1. The Morgan fingerprint density at radius 2 is 1.60 bits per heavy atom. The maximum atomic E-state index is 12.5. The lowest BCUT2D eigenvalue weighted by atomic mass is 10.4. The SMILES string of the molecule is COC(=O)CCN(C)S(=O)(=O)c1ccc(S(=O)(=O)N2CCCC2)cc1. The Morgan fingerprint density at radius 3 is 2.12 bits per heavy atom. The Kier molecular flexibility index (Phi) is 6.20. The van der Waals surface area contributed by atoms with Crippen LogP contribution in [-0.2, 0) is 29.6 Å². The van der Waals surface area contributed by atoms with Crippen LogP contribution < -0.4 is 0 Å². The van der Waals surface area contributed by atoms with Gasteiger partial charge in [-0.15, -0.1) is 0 Å². The molecule has 0 unspecified atom stereocenters. The molecule has 0 N–H and O–H groups in total. The molecule has 1 fully saturated rings. The van der Waals surface area contributed by atoms with Gasteiger partial charge in [0.2, 0.25) is 20.0 Å². The third kappa shape index (κ3) is 4.38. The highest BCUT2D eigenvalue weighted by Gasteiger charge is 2.28. The number of carbonyl (C=O) groups excluding carboxylic acids is 1. The first-order valence-corrected chi connectivity index (χ1v) is 10.7. The predicted octanol–water partition coefficient (Wildman–Crippen LogP) is 0.655. The molecule has 0 amide bonds. The molecule has 1 aromatic rings. The van der Waals surface area contributed by atoms with E-state index >= 15 is 0 Å². The van der Waals surface area contributed by atoms with Crippen LogP contribution in [-0.4, -0.2) is 65.2 Å². The van der Waals surface area contributed by atoms with E-state index in [4.69, 9.17) is 0 Å². The van der Waals surface area contributed by atoms with Crippen molar-refractivity contribution < 1.29 is 26.4 Å². The molecule has 0 saturated carbocycles. The predicted molar refractivity (Wildman–Crippen MR) is 90.9 cm³/mol. The number of esters is 1. The van der Waals surface area contributed by atoms with Gasteiger partial charge in [-0.25, -0.2) is 21.1 Å². The fourth-order valence-corrected chi connectivity index (χ4v) is 5.20. The lowest BCUT2D eigenvalue weighted by Crippen LogP contribution is -2.30. The summed E-state index contributed by atoms with van der Waals surface area (Å²) in [5.74, 6) is -0.505. The monoisotopic (exact) mass is 390 g/mol. The first kappa shape index (κ1) is 19.8. The number of hydrogen-bond donors (Lipinski definition) is 0. The average Bonchev–Trinajstić information content (AvgIpc) is 3.14. The summed E-state index contributed by atoms with van der Waals surface area (Å²) in [6.45, 7) is 0.945. The zero-order chi connectivity index (χ0) is 18.7. The molecule has 10 heteroatoms. The maximum Gasteiger partial charge on any atom is 0.306 e. The molecule has 1 aromatic carbocycles. The molecular formula is C15H22N2O6S2. The lowest BCUT2D eigenvalue weighted by Gasteiger charge is -2.18. The smallest absolute Gasteiger partial charge is 0.306 e. The molecule has 0 radical (unpaired) electrons. The molecule has 1 heterocycles. The van der Waals surface area contributed by atoms with Crippen LogP contribution in [0.25, 0.3) is 0 Å². The molecule has 0 atom stereocenters. The van der Waals surface area contributed by atoms with Crippen LogP contribution >= 0.6 is 0 Å². The minimum atomic E-state index is -3.81. The van der Waals surface area contributed by atoms with Crippen LogP contribution in [0, 0.1) is 0 Å². The molecule has 0 aromatic heterocycles. The van der Waals surface area contributed by atoms with Crippen LogP contribution in [0.15, 0.2) is 34.1 Å². The highest BCUT2D eigenvalue weighted by atomic mass is 32.2. The van der Waals surface area contributed by atoms with Crippen molar-refractivity contribution >= 4 is 26.0 Å². The van der Waals surface area contributed by atoms with Gasteiger partial charge in [-0.3, -0.25) is 4.79 Å². The standard InChI is InChI=1S/C15H22N2O6S2/c1-16(12-9-15(18)23-2)24(19,20)13-5-7-14(8-6-13)25(21,22)17-10-3-4-11-17/h5-8H,3-4,9-12H2,1-2H3. The fraction of sp³-hybridized carbons (Fsp3) is 0.533. The average molecular weight is 390 g/mol. The summed E-state index contributed by atoms with van der Waals surface area (Å²) in [6, 6.07) is 5.14. The van der Waals surface area contributed by atoms with Crippen molar-refractivity contribution in [1.82, 2.24) is 8.61 Å². The number of rotatable bonds is 7. The molecule has 25 heavy (non-hydrogen) atoms. The summed E-state index contributed by atoms with van der Waals surface area (Å²) in [4.78, 5) is 11.2. The number of hydrogen-bond acceptors (Lipinski definition) is 6. The third-order valence-electron chi connectivity index (χ3n) is 4.09. The number of sulfonamides is 2. The van der Waals surface area contributed by atoms with Crippen molar-refractivity contribution in [2.45, 2.75) is 29.1 Å². The zero-order valence-electron chi connectivity index (χ0n) is 14.2. The summed E-state index contributed by atoms with van der Waals surface area (Å²) < 4.78 is 56.8. The quantitative estimate of drug-likeness (QED) is 0.634. The van der Waals surface area contributed by atoms with Crippen molar-refractivity contribution in [3.63, 3.8) is 0 Å². The Morgan fingerprint density at radius 1 is 1.08 bits per heavy atom. The second kappa shape index (κ2) is 7.81. The largest absolute Gasteiger partial charge is 0.469 e. The van der Waals surface area contributed by atoms with Gasteiger partial charge < -0.3 is 4.74 Å². The summed E-state index contributed by atoms with van der Waals surface area (Å²) in [5.41, 5.74) is 0. The van der Waals surface area contributed by atoms with E-state index in [1.807, 2.05) is 0 Å². The van der Waals surface area contributed by atoms with Crippen LogP contribution in [0.5, 0.6) is 0 Å². The van der Waals surface area contributed by atoms with E-state index in [0.717, 1.165) is 17.1 Å². The van der Waals surface area contributed by atoms with Crippen molar-refractivity contribution in [1.29, 1.82) is 0 Å². The Balaban J connectivity index is 2.16. The zero-order valence-corrected chi connectivity index (χ0v) is 15.8. The topological polar surface area (TPSA) is 101 Å². The highest BCUT2D eigenvalue weighted by molar-refractivity contribution is 7.89. The second-order valence-electron chi connectivity index (χ2n) is 5.74. The van der Waals surface area contributed by atoms with E-state index in [1.165, 1.54) is 42.7 Å². The van der Waals surface area contributed by atoms with Gasteiger partial charge in [0.1, 0.15) is 0 Å². The van der Waals surface area contributed by atoms with Gasteiger partial charge in [0, 0.05) is 26.7 Å². The summed E-state index contributed by atoms with van der Waals surface area (Å²) in [5, 5.41) is 0. The van der Waals surface area contributed by atoms with Gasteiger partial charge in [-0.1, -0.05) is 0 Å². The molecule has 0 spiro atoms. The maximum absolute atomic E-state index is 12.5. The normalized spacial score (nSPS) is 16.3. The number of ether oxygens (including phenoxy) is 1. The van der Waals surface area contributed by atoms with Gasteiger partial charge in [0.25, 0.3) is 0 Å². The molecule has 8 nitrogen and oxygen atoms in total. The molecule has 0 aliphatic carbocycles. The van der Waals surface area contributed by atoms with Gasteiger partial charge in [-0.05, 0) is 37.1 Å². The third-order valence-corrected chi connectivity index (χ3v) is 7.88. The summed E-state index contributed by atoms with van der Waals surface area (Å²) in [7, 11) is -4.80. The molecule has 1 saturated heterocycles. The molecule has 140 valence electrons. The molecule has 2 rings (SSSR count). The van der Waals surface area contributed by atoms with Gasteiger partial charge in [-0.2, -0.15) is 4.31 Å². The van der Waals surface area contributed by atoms with Gasteiger partial charge >= 0.3 is 5.97 Å². The van der Waals surface area contributed by atoms with Crippen molar-refractivity contribution in [2.75, 3.05) is 33.8 Å². The van der Waals surface area contributed by atoms with Gasteiger partial charge in [0.15, 0.2) is 0 Å². The Bertz CT molecular complexity index is 812. The Hall–Kier alpha value is -1.49.